The lowest BCUT2D eigenvalue weighted by atomic mass is 10.3. The lowest BCUT2D eigenvalue weighted by Crippen LogP contribution is -2.18. The second-order valence-corrected chi connectivity index (χ2v) is 3.73. The average Bonchev–Trinajstić information content (AvgIpc) is 2.56. The molecule has 2 aromatic carbocycles. The van der Waals surface area contributed by atoms with Gasteiger partial charge in [0.25, 0.3) is 0 Å². The van der Waals surface area contributed by atoms with Gasteiger partial charge in [-0.15, -0.1) is 0 Å². The molecule has 2 rings (SSSR count). The average molecular weight is 300 g/mol. The summed E-state index contributed by atoms with van der Waals surface area (Å²) in [5.41, 5.74) is 7.10. The molecule has 2 aromatic rings. The van der Waals surface area contributed by atoms with Gasteiger partial charge in [-0.3, -0.25) is 4.79 Å². The minimum absolute atomic E-state index is 0.785. The molecule has 0 saturated carbocycles. The fraction of sp³-hybridized carbons (Fsp3) is 0.0625. The Hall–Kier alpha value is -3.24. The zero-order valence-electron chi connectivity index (χ0n) is 11.7. The molecule has 0 fully saturated rings. The SMILES string of the molecule is [N-]=[N+]=C(CC(=O)O)C(=O)O.c1ccccc1.c1ccccc1. The molecule has 0 spiro atoms. The Kier molecular flexibility index (Phi) is 10.9. The highest BCUT2D eigenvalue weighted by molar-refractivity contribution is 6.35. The largest absolute Gasteiger partial charge is 0.481 e. The fourth-order valence-electron chi connectivity index (χ4n) is 1.07. The third-order valence-electron chi connectivity index (χ3n) is 2.02. The maximum Gasteiger partial charge on any atom is 0.415 e. The van der Waals surface area contributed by atoms with Gasteiger partial charge in [-0.25, -0.2) is 4.79 Å². The van der Waals surface area contributed by atoms with Gasteiger partial charge >= 0.3 is 17.7 Å². The molecule has 0 aliphatic carbocycles. The van der Waals surface area contributed by atoms with E-state index in [4.69, 9.17) is 15.7 Å². The number of carboxylic acids is 2. The molecule has 6 nitrogen and oxygen atoms in total. The summed E-state index contributed by atoms with van der Waals surface area (Å²) < 4.78 is 0. The minimum Gasteiger partial charge on any atom is -0.481 e. The Bertz CT molecular complexity index is 509. The van der Waals surface area contributed by atoms with Crippen molar-refractivity contribution < 1.29 is 24.6 Å². The Balaban J connectivity index is 0.000000315. The lowest BCUT2D eigenvalue weighted by molar-refractivity contribution is -0.140. The van der Waals surface area contributed by atoms with Crippen LogP contribution in [0.4, 0.5) is 0 Å². The Morgan fingerprint density at radius 1 is 0.727 bits per heavy atom. The topological polar surface area (TPSA) is 111 Å². The summed E-state index contributed by atoms with van der Waals surface area (Å²) >= 11 is 0. The van der Waals surface area contributed by atoms with Gasteiger partial charge in [0.15, 0.2) is 6.42 Å². The standard InChI is InChI=1S/2C6H6.C4H4N2O4/c2*1-2-4-6-5-3-1;5-6-2(4(9)10)1-3(7)8/h2*1-6H;1H2,(H,7,8)(H,9,10). The highest BCUT2D eigenvalue weighted by Gasteiger charge is 2.21. The third kappa shape index (κ3) is 11.8. The predicted octanol–water partition coefficient (Wildman–Crippen LogP) is 2.59. The first-order chi connectivity index (χ1) is 10.6. The monoisotopic (exact) mass is 300 g/mol. The maximum absolute atomic E-state index is 9.91. The lowest BCUT2D eigenvalue weighted by Gasteiger charge is -1.82. The number of hydrogen-bond donors (Lipinski definition) is 2. The molecular formula is C16H16N2O4. The summed E-state index contributed by atoms with van der Waals surface area (Å²) in [6.07, 6.45) is -0.786. The highest BCUT2D eigenvalue weighted by atomic mass is 16.4. The number of carbonyl (C=O) groups is 2. The van der Waals surface area contributed by atoms with Gasteiger partial charge in [-0.1, -0.05) is 72.8 Å². The Morgan fingerprint density at radius 2 is 1.00 bits per heavy atom. The van der Waals surface area contributed by atoms with E-state index in [0.29, 0.717) is 0 Å². The second-order valence-electron chi connectivity index (χ2n) is 3.73. The van der Waals surface area contributed by atoms with Crippen LogP contribution in [0.1, 0.15) is 6.42 Å². The van der Waals surface area contributed by atoms with Crippen LogP contribution in [0, 0.1) is 0 Å². The molecule has 6 heteroatoms. The van der Waals surface area contributed by atoms with Gasteiger partial charge < -0.3 is 15.7 Å². The van der Waals surface area contributed by atoms with Crippen LogP contribution in [-0.2, 0) is 9.59 Å². The second kappa shape index (κ2) is 12.8. The van der Waals surface area contributed by atoms with Crippen molar-refractivity contribution in [1.29, 1.82) is 0 Å². The molecule has 0 radical (unpaired) electrons. The van der Waals surface area contributed by atoms with E-state index in [2.05, 4.69) is 4.79 Å². The van der Waals surface area contributed by atoms with Crippen molar-refractivity contribution in [3.05, 3.63) is 78.3 Å². The van der Waals surface area contributed by atoms with Gasteiger partial charge in [0.05, 0.1) is 0 Å². The fourth-order valence-corrected chi connectivity index (χ4v) is 1.07. The van der Waals surface area contributed by atoms with Crippen LogP contribution in [0.15, 0.2) is 72.8 Å². The summed E-state index contributed by atoms with van der Waals surface area (Å²) in [4.78, 5) is 22.0. The zero-order valence-corrected chi connectivity index (χ0v) is 11.7. The molecule has 0 aromatic heterocycles. The van der Waals surface area contributed by atoms with E-state index < -0.39 is 24.1 Å². The van der Waals surface area contributed by atoms with Crippen molar-refractivity contribution in [3.8, 4) is 0 Å². The first kappa shape index (κ1) is 18.8. The number of aliphatic carboxylic acids is 2. The van der Waals surface area contributed by atoms with Gasteiger partial charge in [-0.2, -0.15) is 4.79 Å². The van der Waals surface area contributed by atoms with Crippen molar-refractivity contribution in [2.24, 2.45) is 0 Å². The molecule has 22 heavy (non-hydrogen) atoms. The predicted molar refractivity (Wildman–Crippen MR) is 81.4 cm³/mol. The highest BCUT2D eigenvalue weighted by Crippen LogP contribution is 1.82. The summed E-state index contributed by atoms with van der Waals surface area (Å²) in [5, 5.41) is 16.1. The summed E-state index contributed by atoms with van der Waals surface area (Å²) in [7, 11) is 0. The molecule has 0 aliphatic heterocycles. The van der Waals surface area contributed by atoms with Crippen molar-refractivity contribution in [1.82, 2.24) is 0 Å². The van der Waals surface area contributed by atoms with Crippen LogP contribution in [0.5, 0.6) is 0 Å². The first-order valence-corrected chi connectivity index (χ1v) is 6.24. The number of benzene rings is 2. The smallest absolute Gasteiger partial charge is 0.415 e. The summed E-state index contributed by atoms with van der Waals surface area (Å²) in [5.74, 6) is -2.89. The van der Waals surface area contributed by atoms with Gasteiger partial charge in [0, 0.05) is 0 Å². The molecule has 114 valence electrons. The molecule has 2 N–H and O–H groups in total. The van der Waals surface area contributed by atoms with Crippen LogP contribution in [0.3, 0.4) is 0 Å². The Labute approximate surface area is 127 Å². The summed E-state index contributed by atoms with van der Waals surface area (Å²) in [6, 6.07) is 24.0. The molecular weight excluding hydrogens is 284 g/mol. The summed E-state index contributed by atoms with van der Waals surface area (Å²) in [6.45, 7) is 0. The van der Waals surface area contributed by atoms with E-state index >= 15 is 0 Å². The van der Waals surface area contributed by atoms with Crippen LogP contribution in [0.25, 0.3) is 5.53 Å². The van der Waals surface area contributed by atoms with Crippen LogP contribution >= 0.6 is 0 Å². The number of carboxylic acid groups (broad SMARTS) is 2. The molecule has 0 saturated heterocycles. The van der Waals surface area contributed by atoms with Crippen LogP contribution in [0.2, 0.25) is 0 Å². The van der Waals surface area contributed by atoms with Crippen molar-refractivity contribution in [3.63, 3.8) is 0 Å². The van der Waals surface area contributed by atoms with E-state index in [1.54, 1.807) is 0 Å². The number of rotatable bonds is 3. The van der Waals surface area contributed by atoms with Gasteiger partial charge in [-0.05, 0) is 0 Å². The van der Waals surface area contributed by atoms with E-state index in [1.165, 1.54) is 0 Å². The molecule has 0 bridgehead atoms. The third-order valence-corrected chi connectivity index (χ3v) is 2.02. The van der Waals surface area contributed by atoms with E-state index in [1.807, 2.05) is 72.8 Å². The first-order valence-electron chi connectivity index (χ1n) is 6.24. The normalized spacial score (nSPS) is 8.00. The van der Waals surface area contributed by atoms with Crippen molar-refractivity contribution in [2.75, 3.05) is 0 Å². The van der Waals surface area contributed by atoms with Crippen molar-refractivity contribution in [2.45, 2.75) is 6.42 Å². The zero-order chi connectivity index (χ0) is 16.6. The quantitative estimate of drug-likeness (QED) is 0.515. The van der Waals surface area contributed by atoms with Crippen LogP contribution < -0.4 is 0 Å². The minimum atomic E-state index is -1.54. The Morgan fingerprint density at radius 3 is 1.09 bits per heavy atom. The van der Waals surface area contributed by atoms with Crippen LogP contribution in [-0.4, -0.2) is 32.7 Å². The van der Waals surface area contributed by atoms with E-state index in [0.717, 1.165) is 0 Å². The number of nitrogens with zero attached hydrogens (tertiary/aromatic N) is 2. The maximum atomic E-state index is 9.91. The van der Waals surface area contributed by atoms with Gasteiger partial charge in [0.1, 0.15) is 0 Å². The molecule has 0 aliphatic rings. The number of hydrogen-bond acceptors (Lipinski definition) is 2. The molecule has 0 heterocycles. The van der Waals surface area contributed by atoms with Gasteiger partial charge in [0.2, 0.25) is 0 Å². The molecule has 0 atom stereocenters. The van der Waals surface area contributed by atoms with Crippen molar-refractivity contribution >= 4 is 17.7 Å². The molecule has 0 amide bonds. The van der Waals surface area contributed by atoms with E-state index in [-0.39, 0.29) is 0 Å². The molecule has 0 unspecified atom stereocenters. The van der Waals surface area contributed by atoms with E-state index in [9.17, 15) is 9.59 Å².